The lowest BCUT2D eigenvalue weighted by Gasteiger charge is -2.26. The number of hydrogen-bond acceptors (Lipinski definition) is 10. The van der Waals surface area contributed by atoms with Gasteiger partial charge in [0.15, 0.2) is 4.34 Å². The molecule has 0 spiro atoms. The summed E-state index contributed by atoms with van der Waals surface area (Å²) >= 11 is 4.04. The number of carbonyl (C=O) groups excluding carboxylic acids is 2. The minimum atomic E-state index is -3.28. The van der Waals surface area contributed by atoms with Crippen LogP contribution in [-0.4, -0.2) is 42.6 Å². The van der Waals surface area contributed by atoms with Crippen molar-refractivity contribution in [2.75, 3.05) is 21.7 Å². The van der Waals surface area contributed by atoms with Crippen LogP contribution in [-0.2, 0) is 9.59 Å². The van der Waals surface area contributed by atoms with Gasteiger partial charge in [-0.2, -0.15) is 0 Å². The highest BCUT2D eigenvalue weighted by Crippen LogP contribution is 2.43. The van der Waals surface area contributed by atoms with E-state index < -0.39 is 10.8 Å². The van der Waals surface area contributed by atoms with E-state index in [1.54, 1.807) is 28.8 Å². The molecule has 0 bridgehead atoms. The van der Waals surface area contributed by atoms with Crippen LogP contribution in [0.5, 0.6) is 0 Å². The number of amides is 2. The number of nitrogens with zero attached hydrogens (tertiary/aromatic N) is 3. The molecule has 5 N–H and O–H groups in total. The molecule has 1 atom stereocenters. The normalized spacial score (nSPS) is 16.9. The van der Waals surface area contributed by atoms with Gasteiger partial charge in [-0.05, 0) is 29.8 Å². The van der Waals surface area contributed by atoms with Crippen LogP contribution in [0.2, 0.25) is 0 Å². The summed E-state index contributed by atoms with van der Waals surface area (Å²) in [6.45, 7) is 0. The van der Waals surface area contributed by atoms with Gasteiger partial charge in [0.2, 0.25) is 16.9 Å². The average Bonchev–Trinajstić information content (AvgIpc) is 3.39. The lowest BCUT2D eigenvalue weighted by Crippen LogP contribution is -2.27. The van der Waals surface area contributed by atoms with Gasteiger partial charge in [-0.3, -0.25) is 23.6 Å². The quantitative estimate of drug-likeness (QED) is 0.274. The molecule has 0 radical (unpaired) electrons. The molecule has 1 fully saturated rings. The Morgan fingerprint density at radius 3 is 2.59 bits per heavy atom. The summed E-state index contributed by atoms with van der Waals surface area (Å²) in [6, 6.07) is 15.7. The van der Waals surface area contributed by atoms with Crippen LogP contribution in [0.1, 0.15) is 10.9 Å². The van der Waals surface area contributed by atoms with E-state index in [2.05, 4.69) is 15.5 Å². The molecule has 13 heteroatoms. The van der Waals surface area contributed by atoms with Crippen molar-refractivity contribution in [3.63, 3.8) is 0 Å². The van der Waals surface area contributed by atoms with Crippen molar-refractivity contribution in [2.24, 2.45) is 5.14 Å². The van der Waals surface area contributed by atoms with E-state index >= 15 is 0 Å². The van der Waals surface area contributed by atoms with E-state index in [9.17, 15) is 18.7 Å². The fourth-order valence-electron chi connectivity index (χ4n) is 2.92. The largest absolute Gasteiger partial charge is 0.325 e. The third-order valence-electron chi connectivity index (χ3n) is 4.37. The highest BCUT2D eigenvalue weighted by Gasteiger charge is 2.36. The fraction of sp³-hybridized carbons (Fsp3) is 0.158. The van der Waals surface area contributed by atoms with E-state index in [0.29, 0.717) is 20.9 Å². The Bertz CT molecular complexity index is 1100. The molecule has 1 unspecified atom stereocenters. The Morgan fingerprint density at radius 2 is 1.91 bits per heavy atom. The third kappa shape index (κ3) is 5.43. The van der Waals surface area contributed by atoms with Crippen molar-refractivity contribution in [1.82, 2.24) is 10.2 Å². The Labute approximate surface area is 198 Å². The summed E-state index contributed by atoms with van der Waals surface area (Å²) in [5.41, 5.74) is 1.53. The van der Waals surface area contributed by atoms with Crippen LogP contribution in [0, 0.1) is 0 Å². The lowest BCUT2D eigenvalue weighted by atomic mass is 10.2. The zero-order valence-electron chi connectivity index (χ0n) is 16.5. The number of aromatic nitrogens is 2. The molecule has 0 aliphatic carbocycles. The van der Waals surface area contributed by atoms with Gasteiger partial charge in [0.25, 0.3) is 0 Å². The first-order chi connectivity index (χ1) is 15.3. The SMILES string of the molecule is NS(O)(O)c1ccc(NC(=O)CSc2nnc(N3C(=O)CSC3c3ccccc3)s2)cc1. The van der Waals surface area contributed by atoms with Crippen molar-refractivity contribution >= 4 is 68.3 Å². The minimum Gasteiger partial charge on any atom is -0.325 e. The fourth-order valence-corrected chi connectivity index (χ4v) is 6.36. The number of nitrogens with two attached hydrogens (primary N) is 1. The number of nitrogens with one attached hydrogen (secondary N) is 1. The monoisotopic (exact) mass is 509 g/mol. The maximum absolute atomic E-state index is 12.5. The van der Waals surface area contributed by atoms with Crippen LogP contribution in [0.3, 0.4) is 0 Å². The maximum atomic E-state index is 12.5. The molecule has 2 aromatic carbocycles. The zero-order chi connectivity index (χ0) is 22.7. The summed E-state index contributed by atoms with van der Waals surface area (Å²) in [7, 11) is -3.28. The van der Waals surface area contributed by atoms with Gasteiger partial charge in [-0.1, -0.05) is 53.4 Å². The molecule has 9 nitrogen and oxygen atoms in total. The van der Waals surface area contributed by atoms with Gasteiger partial charge in [-0.25, -0.2) is 5.14 Å². The maximum Gasteiger partial charge on any atom is 0.240 e. The summed E-state index contributed by atoms with van der Waals surface area (Å²) < 4.78 is 19.5. The first kappa shape index (κ1) is 23.0. The Morgan fingerprint density at radius 1 is 1.19 bits per heavy atom. The molecule has 168 valence electrons. The first-order valence-electron chi connectivity index (χ1n) is 9.22. The van der Waals surface area contributed by atoms with Crippen LogP contribution in [0.15, 0.2) is 63.8 Å². The van der Waals surface area contributed by atoms with Gasteiger partial charge in [0, 0.05) is 5.69 Å². The topological polar surface area (TPSA) is 142 Å². The van der Waals surface area contributed by atoms with E-state index in [1.165, 1.54) is 35.2 Å². The second kappa shape index (κ2) is 9.79. The van der Waals surface area contributed by atoms with Crippen LogP contribution < -0.4 is 15.4 Å². The highest BCUT2D eigenvalue weighted by molar-refractivity contribution is 8.22. The average molecular weight is 510 g/mol. The second-order valence-electron chi connectivity index (χ2n) is 6.64. The summed E-state index contributed by atoms with van der Waals surface area (Å²) in [5.74, 6) is 0.204. The number of anilines is 2. The Kier molecular flexibility index (Phi) is 7.05. The second-order valence-corrected chi connectivity index (χ2v) is 11.5. The van der Waals surface area contributed by atoms with Gasteiger partial charge in [0.1, 0.15) is 5.37 Å². The van der Waals surface area contributed by atoms with Crippen LogP contribution in [0.25, 0.3) is 0 Å². The predicted octanol–water partition coefficient (Wildman–Crippen LogP) is 4.03. The number of rotatable bonds is 7. The number of thioether (sulfide) groups is 2. The molecular formula is C19H19N5O4S4. The zero-order valence-corrected chi connectivity index (χ0v) is 19.7. The highest BCUT2D eigenvalue weighted by atomic mass is 32.3. The lowest BCUT2D eigenvalue weighted by molar-refractivity contribution is -0.116. The third-order valence-corrected chi connectivity index (χ3v) is 8.60. The summed E-state index contributed by atoms with van der Waals surface area (Å²) in [6.07, 6.45) is 0. The van der Waals surface area contributed by atoms with E-state index in [0.717, 1.165) is 5.56 Å². The summed E-state index contributed by atoms with van der Waals surface area (Å²) in [5, 5.41) is 16.7. The minimum absolute atomic E-state index is 0.0214. The molecule has 1 saturated heterocycles. The molecule has 4 rings (SSSR count). The van der Waals surface area contributed by atoms with E-state index in [-0.39, 0.29) is 27.8 Å². The van der Waals surface area contributed by atoms with Crippen molar-refractivity contribution in [3.05, 3.63) is 60.2 Å². The standard InChI is InChI=1S/C19H19N5O4S4/c20-32(27,28)14-8-6-13(7-9-14)21-15(25)10-30-19-23-22-18(31-19)24-16(26)11-29-17(24)12-4-2-1-3-5-12/h1-9,17,27-28H,10-11,20H2,(H,21,25). The van der Waals surface area contributed by atoms with Crippen molar-refractivity contribution < 1.29 is 18.7 Å². The van der Waals surface area contributed by atoms with Gasteiger partial charge >= 0.3 is 0 Å². The molecule has 0 saturated carbocycles. The number of benzene rings is 2. The molecule has 1 aliphatic rings. The molecule has 3 aromatic rings. The van der Waals surface area contributed by atoms with E-state index in [1.807, 2.05) is 30.3 Å². The van der Waals surface area contributed by atoms with Crippen LogP contribution in [0.4, 0.5) is 10.8 Å². The van der Waals surface area contributed by atoms with Gasteiger partial charge < -0.3 is 5.32 Å². The van der Waals surface area contributed by atoms with Crippen molar-refractivity contribution in [2.45, 2.75) is 14.6 Å². The van der Waals surface area contributed by atoms with Crippen LogP contribution >= 0.6 is 45.6 Å². The molecule has 1 aromatic heterocycles. The smallest absolute Gasteiger partial charge is 0.240 e. The first-order valence-corrected chi connectivity index (χ1v) is 13.7. The molecule has 2 amide bonds. The molecule has 32 heavy (non-hydrogen) atoms. The van der Waals surface area contributed by atoms with Crippen molar-refractivity contribution in [3.8, 4) is 0 Å². The Balaban J connectivity index is 1.36. The van der Waals surface area contributed by atoms with Gasteiger partial charge in [-0.15, -0.1) is 32.7 Å². The molecular weight excluding hydrogens is 491 g/mol. The summed E-state index contributed by atoms with van der Waals surface area (Å²) in [4.78, 5) is 26.6. The van der Waals surface area contributed by atoms with Crippen molar-refractivity contribution in [1.29, 1.82) is 0 Å². The molecule has 1 aliphatic heterocycles. The predicted molar refractivity (Wildman–Crippen MR) is 130 cm³/mol. The Hall–Kier alpha value is -2.13. The number of hydrogen-bond donors (Lipinski definition) is 4. The number of carbonyl (C=O) groups is 2. The molecule has 2 heterocycles. The van der Waals surface area contributed by atoms with Gasteiger partial charge in [0.05, 0.1) is 16.4 Å². The van der Waals surface area contributed by atoms with E-state index in [4.69, 9.17) is 5.14 Å².